The summed E-state index contributed by atoms with van der Waals surface area (Å²) in [4.78, 5) is 11.3. The van der Waals surface area contributed by atoms with Crippen LogP contribution < -0.4 is 5.32 Å². The Kier molecular flexibility index (Phi) is 5.52. The van der Waals surface area contributed by atoms with Crippen LogP contribution in [0.3, 0.4) is 0 Å². The molecule has 0 bridgehead atoms. The van der Waals surface area contributed by atoms with E-state index in [0.717, 1.165) is 47.6 Å². The fourth-order valence-corrected chi connectivity index (χ4v) is 3.30. The molecular weight excluding hydrogens is 324 g/mol. The first-order valence-electron chi connectivity index (χ1n) is 8.23. The van der Waals surface area contributed by atoms with Crippen LogP contribution in [-0.2, 0) is 9.53 Å². The molecule has 128 valence electrons. The van der Waals surface area contributed by atoms with Crippen molar-refractivity contribution in [2.45, 2.75) is 37.8 Å². The number of rotatable bonds is 8. The summed E-state index contributed by atoms with van der Waals surface area (Å²) in [7, 11) is 0. The highest BCUT2D eigenvalue weighted by molar-refractivity contribution is 7.99. The number of aromatic nitrogens is 3. The van der Waals surface area contributed by atoms with Gasteiger partial charge in [-0.15, -0.1) is 10.2 Å². The molecule has 6 nitrogen and oxygen atoms in total. The largest absolute Gasteiger partial charge is 0.381 e. The number of hydrogen-bond donors (Lipinski definition) is 1. The molecule has 0 aliphatic heterocycles. The number of carbonyl (C=O) groups is 1. The van der Waals surface area contributed by atoms with E-state index >= 15 is 0 Å². The summed E-state index contributed by atoms with van der Waals surface area (Å²) in [5, 5.41) is 12.5. The normalized spacial score (nSPS) is 13.9. The van der Waals surface area contributed by atoms with Gasteiger partial charge in [-0.25, -0.2) is 0 Å². The number of amides is 1. The van der Waals surface area contributed by atoms with Crippen LogP contribution in [0.4, 0.5) is 5.69 Å². The lowest BCUT2D eigenvalue weighted by atomic mass is 10.2. The van der Waals surface area contributed by atoms with Gasteiger partial charge in [0.1, 0.15) is 5.82 Å². The average molecular weight is 346 g/mol. The first-order valence-corrected chi connectivity index (χ1v) is 9.21. The number of thioether (sulfide) groups is 1. The van der Waals surface area contributed by atoms with E-state index in [0.29, 0.717) is 12.5 Å². The van der Waals surface area contributed by atoms with Crippen LogP contribution in [0.2, 0.25) is 0 Å². The molecule has 1 aromatic carbocycles. The number of nitrogens with one attached hydrogen (secondary N) is 1. The van der Waals surface area contributed by atoms with Gasteiger partial charge < -0.3 is 10.1 Å². The van der Waals surface area contributed by atoms with Crippen molar-refractivity contribution < 1.29 is 9.53 Å². The van der Waals surface area contributed by atoms with E-state index in [9.17, 15) is 4.79 Å². The Morgan fingerprint density at radius 2 is 2.25 bits per heavy atom. The number of hydrogen-bond acceptors (Lipinski definition) is 5. The van der Waals surface area contributed by atoms with Crippen LogP contribution in [0.25, 0.3) is 5.69 Å². The first-order chi connectivity index (χ1) is 11.7. The summed E-state index contributed by atoms with van der Waals surface area (Å²) < 4.78 is 7.52. The van der Waals surface area contributed by atoms with Crippen LogP contribution in [0.15, 0.2) is 29.4 Å². The van der Waals surface area contributed by atoms with E-state index in [1.54, 1.807) is 11.8 Å². The van der Waals surface area contributed by atoms with E-state index in [1.165, 1.54) is 6.92 Å². The van der Waals surface area contributed by atoms with Crippen molar-refractivity contribution in [3.8, 4) is 5.69 Å². The number of benzene rings is 1. The van der Waals surface area contributed by atoms with Gasteiger partial charge in [0.05, 0.1) is 12.3 Å². The van der Waals surface area contributed by atoms with Gasteiger partial charge in [0.15, 0.2) is 5.16 Å². The molecule has 1 aromatic heterocycles. The zero-order valence-electron chi connectivity index (χ0n) is 14.0. The van der Waals surface area contributed by atoms with Gasteiger partial charge in [0.25, 0.3) is 0 Å². The van der Waals surface area contributed by atoms with Crippen molar-refractivity contribution in [3.63, 3.8) is 0 Å². The maximum absolute atomic E-state index is 11.3. The third-order valence-corrected chi connectivity index (χ3v) is 4.58. The number of carbonyl (C=O) groups excluding carboxylic acids is 1. The van der Waals surface area contributed by atoms with Crippen molar-refractivity contribution >= 4 is 23.4 Å². The fraction of sp³-hybridized carbons (Fsp3) is 0.471. The molecule has 1 aliphatic rings. The third-order valence-electron chi connectivity index (χ3n) is 3.69. The summed E-state index contributed by atoms with van der Waals surface area (Å²) in [6, 6.07) is 7.80. The number of nitrogens with zero attached hydrogens (tertiary/aromatic N) is 3. The molecule has 0 unspecified atom stereocenters. The minimum absolute atomic E-state index is 0.0790. The third kappa shape index (κ3) is 4.15. The summed E-state index contributed by atoms with van der Waals surface area (Å²) in [5.41, 5.74) is 1.76. The van der Waals surface area contributed by atoms with Crippen molar-refractivity contribution in [2.75, 3.05) is 24.3 Å². The lowest BCUT2D eigenvalue weighted by Crippen LogP contribution is -2.07. The van der Waals surface area contributed by atoms with Gasteiger partial charge in [0, 0.05) is 30.9 Å². The summed E-state index contributed by atoms with van der Waals surface area (Å²) in [6.45, 7) is 4.92. The molecule has 1 aliphatic carbocycles. The summed E-state index contributed by atoms with van der Waals surface area (Å²) in [5.74, 6) is 2.25. The molecule has 2 aromatic rings. The minimum atomic E-state index is -0.0790. The molecule has 3 rings (SSSR count). The maximum Gasteiger partial charge on any atom is 0.221 e. The van der Waals surface area contributed by atoms with Gasteiger partial charge in [-0.05, 0) is 38.0 Å². The molecule has 0 atom stereocenters. The molecule has 1 fully saturated rings. The Hall–Kier alpha value is -1.86. The first kappa shape index (κ1) is 17.0. The second kappa shape index (κ2) is 7.81. The van der Waals surface area contributed by atoms with Crippen LogP contribution in [-0.4, -0.2) is 39.6 Å². The van der Waals surface area contributed by atoms with Crippen LogP contribution in [0.5, 0.6) is 0 Å². The van der Waals surface area contributed by atoms with Crippen molar-refractivity contribution in [2.24, 2.45) is 0 Å². The van der Waals surface area contributed by atoms with Crippen LogP contribution in [0, 0.1) is 0 Å². The Morgan fingerprint density at radius 1 is 1.42 bits per heavy atom. The van der Waals surface area contributed by atoms with E-state index in [2.05, 4.69) is 20.1 Å². The van der Waals surface area contributed by atoms with Gasteiger partial charge >= 0.3 is 0 Å². The molecular formula is C17H22N4O2S. The molecule has 1 heterocycles. The predicted octanol–water partition coefficient (Wildman–Crippen LogP) is 3.23. The standard InChI is InChI=1S/C17H22N4O2S/c1-3-23-9-10-24-17-20-19-16(13-7-8-13)21(17)15-6-4-5-14(11-15)18-12(2)22/h4-6,11,13H,3,7-10H2,1-2H3,(H,18,22). The van der Waals surface area contributed by atoms with Crippen LogP contribution in [0.1, 0.15) is 38.4 Å². The Bertz CT molecular complexity index is 712. The summed E-state index contributed by atoms with van der Waals surface area (Å²) in [6.07, 6.45) is 2.32. The quantitative estimate of drug-likeness (QED) is 0.587. The molecule has 0 saturated heterocycles. The van der Waals surface area contributed by atoms with Crippen molar-refractivity contribution in [3.05, 3.63) is 30.1 Å². The lowest BCUT2D eigenvalue weighted by molar-refractivity contribution is -0.114. The second-order valence-electron chi connectivity index (χ2n) is 5.73. The molecule has 7 heteroatoms. The zero-order valence-corrected chi connectivity index (χ0v) is 14.8. The number of anilines is 1. The molecule has 0 spiro atoms. The SMILES string of the molecule is CCOCCSc1nnc(C2CC2)n1-c1cccc(NC(C)=O)c1. The highest BCUT2D eigenvalue weighted by Crippen LogP contribution is 2.41. The van der Waals surface area contributed by atoms with E-state index in [4.69, 9.17) is 4.74 Å². The Balaban J connectivity index is 1.87. The highest BCUT2D eigenvalue weighted by atomic mass is 32.2. The van der Waals surface area contributed by atoms with Gasteiger partial charge in [-0.2, -0.15) is 0 Å². The minimum Gasteiger partial charge on any atom is -0.381 e. The average Bonchev–Trinajstić information content (AvgIpc) is 3.31. The molecule has 1 N–H and O–H groups in total. The second-order valence-corrected chi connectivity index (χ2v) is 6.79. The van der Waals surface area contributed by atoms with Gasteiger partial charge in [0.2, 0.25) is 5.91 Å². The monoisotopic (exact) mass is 346 g/mol. The predicted molar refractivity (Wildman–Crippen MR) is 94.9 cm³/mol. The number of ether oxygens (including phenoxy) is 1. The van der Waals surface area contributed by atoms with Gasteiger partial charge in [-0.3, -0.25) is 9.36 Å². The van der Waals surface area contributed by atoms with E-state index < -0.39 is 0 Å². The van der Waals surface area contributed by atoms with Crippen molar-refractivity contribution in [1.29, 1.82) is 0 Å². The van der Waals surface area contributed by atoms with E-state index in [1.807, 2.05) is 31.2 Å². The Labute approximate surface area is 146 Å². The molecule has 1 amide bonds. The Morgan fingerprint density at radius 3 is 2.96 bits per heavy atom. The summed E-state index contributed by atoms with van der Waals surface area (Å²) >= 11 is 1.64. The van der Waals surface area contributed by atoms with E-state index in [-0.39, 0.29) is 5.91 Å². The zero-order chi connectivity index (χ0) is 16.9. The fourth-order valence-electron chi connectivity index (χ4n) is 2.49. The smallest absolute Gasteiger partial charge is 0.221 e. The topological polar surface area (TPSA) is 69.0 Å². The molecule has 0 radical (unpaired) electrons. The van der Waals surface area contributed by atoms with Gasteiger partial charge in [-0.1, -0.05) is 17.8 Å². The van der Waals surface area contributed by atoms with Crippen molar-refractivity contribution in [1.82, 2.24) is 14.8 Å². The molecule has 24 heavy (non-hydrogen) atoms. The molecule has 1 saturated carbocycles. The highest BCUT2D eigenvalue weighted by Gasteiger charge is 2.31. The van der Waals surface area contributed by atoms with Crippen LogP contribution >= 0.6 is 11.8 Å². The lowest BCUT2D eigenvalue weighted by Gasteiger charge is -2.11. The maximum atomic E-state index is 11.3.